The van der Waals surface area contributed by atoms with Crippen molar-refractivity contribution in [2.24, 2.45) is 11.8 Å². The molecule has 0 amide bonds. The molecule has 0 heterocycles. The summed E-state index contributed by atoms with van der Waals surface area (Å²) < 4.78 is 0. The van der Waals surface area contributed by atoms with Gasteiger partial charge in [0.05, 0.1) is 0 Å². The predicted octanol–water partition coefficient (Wildman–Crippen LogP) is 5.38. The van der Waals surface area contributed by atoms with Crippen LogP contribution in [-0.4, -0.2) is 25.5 Å². The average molecular weight is 287 g/mol. The van der Waals surface area contributed by atoms with E-state index >= 15 is 0 Å². The molecule has 0 fully saturated rings. The normalized spacial score (nSPS) is 19.5. The number of hydrogen-bond donors (Lipinski definition) is 0. The van der Waals surface area contributed by atoms with Gasteiger partial charge in [-0.3, -0.25) is 0 Å². The van der Waals surface area contributed by atoms with E-state index in [1.165, 1.54) is 24.0 Å². The van der Waals surface area contributed by atoms with Gasteiger partial charge in [0.1, 0.15) is 0 Å². The summed E-state index contributed by atoms with van der Waals surface area (Å²) >= 11 is 0. The Kier molecular flexibility index (Phi) is 7.74. The van der Waals surface area contributed by atoms with Gasteiger partial charge >= 0.3 is 0 Å². The minimum atomic E-state index is 0.546. The molecule has 21 heavy (non-hydrogen) atoms. The van der Waals surface area contributed by atoms with E-state index in [0.717, 1.165) is 31.7 Å². The molecule has 0 bridgehead atoms. The lowest BCUT2D eigenvalue weighted by atomic mass is 9.84. The van der Waals surface area contributed by atoms with Gasteiger partial charge in [-0.1, -0.05) is 48.5 Å². The fourth-order valence-electron chi connectivity index (χ4n) is 2.89. The number of hydrogen-bond acceptors (Lipinski definition) is 1. The zero-order chi connectivity index (χ0) is 15.8. The van der Waals surface area contributed by atoms with Crippen LogP contribution >= 0.6 is 0 Å². The van der Waals surface area contributed by atoms with Gasteiger partial charge in [0.25, 0.3) is 0 Å². The second kappa shape index (κ2) is 9.04. The first-order chi connectivity index (χ1) is 9.88. The molecule has 0 saturated heterocycles. The van der Waals surface area contributed by atoms with Crippen LogP contribution in [0.2, 0.25) is 0 Å². The summed E-state index contributed by atoms with van der Waals surface area (Å²) in [5.41, 5.74) is 4.25. The first-order valence-corrected chi connectivity index (χ1v) is 8.21. The molecule has 1 aliphatic carbocycles. The van der Waals surface area contributed by atoms with Crippen LogP contribution < -0.4 is 0 Å². The minimum absolute atomic E-state index is 0.546. The smallest absolute Gasteiger partial charge is 0.00144 e. The standard InChI is InChI=1S/C20H33N/c1-16(2)14-17(3)10-11-18(4)20-9-7-8-19(15-20)12-13-21(5)6/h7-9,17,20H,1,4,10-15H2,2-3,5-6H3/t17-,20?/m0/s1. The third-order valence-corrected chi connectivity index (χ3v) is 4.22. The van der Waals surface area contributed by atoms with E-state index in [9.17, 15) is 0 Å². The van der Waals surface area contributed by atoms with E-state index < -0.39 is 0 Å². The van der Waals surface area contributed by atoms with Crippen molar-refractivity contribution in [1.82, 2.24) is 4.90 Å². The largest absolute Gasteiger partial charge is 0.309 e. The molecule has 0 aromatic carbocycles. The predicted molar refractivity (Wildman–Crippen MR) is 95.5 cm³/mol. The van der Waals surface area contributed by atoms with Gasteiger partial charge in [-0.05, 0) is 59.0 Å². The van der Waals surface area contributed by atoms with Crippen molar-refractivity contribution in [2.75, 3.05) is 20.6 Å². The summed E-state index contributed by atoms with van der Waals surface area (Å²) in [5.74, 6) is 1.26. The molecule has 0 aliphatic heterocycles. The molecule has 118 valence electrons. The molecule has 0 aromatic heterocycles. The van der Waals surface area contributed by atoms with E-state index in [4.69, 9.17) is 0 Å². The van der Waals surface area contributed by atoms with Crippen molar-refractivity contribution in [3.05, 3.63) is 48.1 Å². The summed E-state index contributed by atoms with van der Waals surface area (Å²) in [4.78, 5) is 2.25. The zero-order valence-corrected chi connectivity index (χ0v) is 14.5. The Morgan fingerprint density at radius 3 is 2.71 bits per heavy atom. The van der Waals surface area contributed by atoms with E-state index in [2.05, 4.69) is 64.2 Å². The van der Waals surface area contributed by atoms with Crippen LogP contribution in [0.5, 0.6) is 0 Å². The fourth-order valence-corrected chi connectivity index (χ4v) is 2.89. The van der Waals surface area contributed by atoms with E-state index in [1.54, 1.807) is 5.57 Å². The molecule has 0 N–H and O–H groups in total. The van der Waals surface area contributed by atoms with Gasteiger partial charge in [0.2, 0.25) is 0 Å². The molecule has 1 rings (SSSR count). The minimum Gasteiger partial charge on any atom is -0.309 e. The Morgan fingerprint density at radius 2 is 2.10 bits per heavy atom. The molecule has 0 radical (unpaired) electrons. The molecule has 1 heteroatoms. The second-order valence-electron chi connectivity index (χ2n) is 7.04. The van der Waals surface area contributed by atoms with Gasteiger partial charge in [-0.15, -0.1) is 6.58 Å². The second-order valence-corrected chi connectivity index (χ2v) is 7.04. The van der Waals surface area contributed by atoms with Crippen LogP contribution in [0.1, 0.15) is 46.0 Å². The monoisotopic (exact) mass is 287 g/mol. The maximum absolute atomic E-state index is 4.35. The van der Waals surface area contributed by atoms with Crippen LogP contribution in [0.3, 0.4) is 0 Å². The number of allylic oxidation sites excluding steroid dienone is 5. The summed E-state index contributed by atoms with van der Waals surface area (Å²) in [7, 11) is 4.28. The molecule has 1 nitrogen and oxygen atoms in total. The number of nitrogens with zero attached hydrogens (tertiary/aromatic N) is 1. The first-order valence-electron chi connectivity index (χ1n) is 8.21. The highest BCUT2D eigenvalue weighted by atomic mass is 15.0. The SMILES string of the molecule is C=C(C)C[C@@H](C)CCC(=C)C1C=CC=C(CCN(C)C)C1. The maximum atomic E-state index is 4.35. The first kappa shape index (κ1) is 18.0. The lowest BCUT2D eigenvalue weighted by molar-refractivity contribution is 0.409. The molecule has 0 saturated carbocycles. The lowest BCUT2D eigenvalue weighted by Gasteiger charge is -2.23. The van der Waals surface area contributed by atoms with Crippen molar-refractivity contribution in [1.29, 1.82) is 0 Å². The highest BCUT2D eigenvalue weighted by molar-refractivity contribution is 5.25. The van der Waals surface area contributed by atoms with Crippen LogP contribution in [0.4, 0.5) is 0 Å². The summed E-state index contributed by atoms with van der Waals surface area (Å²) in [6, 6.07) is 0. The molecule has 0 aromatic rings. The van der Waals surface area contributed by atoms with Gasteiger partial charge in [-0.2, -0.15) is 0 Å². The molecule has 1 aliphatic rings. The molecule has 0 spiro atoms. The van der Waals surface area contributed by atoms with Crippen LogP contribution in [-0.2, 0) is 0 Å². The Balaban J connectivity index is 2.37. The van der Waals surface area contributed by atoms with Crippen molar-refractivity contribution >= 4 is 0 Å². The van der Waals surface area contributed by atoms with Crippen molar-refractivity contribution < 1.29 is 0 Å². The van der Waals surface area contributed by atoms with Crippen LogP contribution in [0.25, 0.3) is 0 Å². The van der Waals surface area contributed by atoms with Gasteiger partial charge in [0, 0.05) is 12.5 Å². The highest BCUT2D eigenvalue weighted by Crippen LogP contribution is 2.30. The topological polar surface area (TPSA) is 3.24 Å². The van der Waals surface area contributed by atoms with Crippen LogP contribution in [0, 0.1) is 11.8 Å². The zero-order valence-electron chi connectivity index (χ0n) is 14.5. The van der Waals surface area contributed by atoms with E-state index in [-0.39, 0.29) is 0 Å². The third kappa shape index (κ3) is 7.47. The lowest BCUT2D eigenvalue weighted by Crippen LogP contribution is -2.15. The Hall–Kier alpha value is -1.08. The van der Waals surface area contributed by atoms with Crippen LogP contribution in [0.15, 0.2) is 48.1 Å². The Labute approximate surface area is 132 Å². The Morgan fingerprint density at radius 1 is 1.38 bits per heavy atom. The van der Waals surface area contributed by atoms with Gasteiger partial charge in [-0.25, -0.2) is 0 Å². The van der Waals surface area contributed by atoms with E-state index in [0.29, 0.717) is 5.92 Å². The molecule has 2 atom stereocenters. The Bertz CT molecular complexity index is 412. The van der Waals surface area contributed by atoms with Crippen molar-refractivity contribution in [3.8, 4) is 0 Å². The van der Waals surface area contributed by atoms with E-state index in [1.807, 2.05) is 0 Å². The van der Waals surface area contributed by atoms with Crippen molar-refractivity contribution in [2.45, 2.75) is 46.0 Å². The average Bonchev–Trinajstić information content (AvgIpc) is 2.42. The van der Waals surface area contributed by atoms with Gasteiger partial charge in [0.15, 0.2) is 0 Å². The highest BCUT2D eigenvalue weighted by Gasteiger charge is 2.15. The molecular formula is C20H33N. The third-order valence-electron chi connectivity index (χ3n) is 4.22. The maximum Gasteiger partial charge on any atom is 0.00144 e. The molecular weight excluding hydrogens is 254 g/mol. The summed E-state index contributed by atoms with van der Waals surface area (Å²) in [5, 5.41) is 0. The van der Waals surface area contributed by atoms with Crippen molar-refractivity contribution in [3.63, 3.8) is 0 Å². The van der Waals surface area contributed by atoms with Gasteiger partial charge < -0.3 is 4.90 Å². The molecule has 1 unspecified atom stereocenters. The summed E-state index contributed by atoms with van der Waals surface area (Å²) in [6.07, 6.45) is 12.7. The fraction of sp³-hybridized carbons (Fsp3) is 0.600. The number of rotatable bonds is 9. The summed E-state index contributed by atoms with van der Waals surface area (Å²) in [6.45, 7) is 13.9. The quantitative estimate of drug-likeness (QED) is 0.515.